The quantitative estimate of drug-likeness (QED) is 0.723. The molecule has 1 rings (SSSR count). The van der Waals surface area contributed by atoms with E-state index in [0.29, 0.717) is 13.1 Å². The van der Waals surface area contributed by atoms with Crippen molar-refractivity contribution in [2.45, 2.75) is 6.54 Å². The molecule has 1 aromatic heterocycles. The first-order valence-electron chi connectivity index (χ1n) is 4.13. The smallest absolute Gasteiger partial charge is 0.316 e. The third kappa shape index (κ3) is 3.14. The van der Waals surface area contributed by atoms with Gasteiger partial charge in [0.25, 0.3) is 0 Å². The van der Waals surface area contributed by atoms with Crippen molar-refractivity contribution in [2.75, 3.05) is 20.6 Å². The molecule has 1 aromatic rings. The van der Waals surface area contributed by atoms with E-state index in [0.717, 1.165) is 0 Å². The summed E-state index contributed by atoms with van der Waals surface area (Å²) in [4.78, 5) is 12.6. The van der Waals surface area contributed by atoms with E-state index < -0.39 is 0 Å². The van der Waals surface area contributed by atoms with Gasteiger partial charge in [0.1, 0.15) is 0 Å². The minimum absolute atomic E-state index is 0.0767. The lowest BCUT2D eigenvalue weighted by Gasteiger charge is -2.11. The molecule has 0 unspecified atom stereocenters. The van der Waals surface area contributed by atoms with Crippen LogP contribution in [0, 0.1) is 0 Å². The highest BCUT2D eigenvalue weighted by molar-refractivity contribution is 5.73. The minimum Gasteiger partial charge on any atom is -0.336 e. The summed E-state index contributed by atoms with van der Waals surface area (Å²) < 4.78 is 1.77. The molecule has 5 heteroatoms. The molecule has 0 fully saturated rings. The Morgan fingerprint density at radius 2 is 2.38 bits per heavy atom. The Balaban J connectivity index is 2.18. The molecule has 0 bridgehead atoms. The van der Waals surface area contributed by atoms with E-state index in [9.17, 15) is 4.79 Å². The maximum Gasteiger partial charge on any atom is 0.316 e. The Kier molecular flexibility index (Phi) is 3.31. The monoisotopic (exact) mass is 182 g/mol. The molecule has 0 aliphatic carbocycles. The van der Waals surface area contributed by atoms with Crippen molar-refractivity contribution in [2.24, 2.45) is 0 Å². The number of hydrogen-bond donors (Lipinski definition) is 1. The van der Waals surface area contributed by atoms with E-state index in [1.807, 2.05) is 12.3 Å². The van der Waals surface area contributed by atoms with Gasteiger partial charge in [0.15, 0.2) is 0 Å². The molecule has 72 valence electrons. The highest BCUT2D eigenvalue weighted by Crippen LogP contribution is 1.83. The molecule has 13 heavy (non-hydrogen) atoms. The normalized spacial score (nSPS) is 9.69. The highest BCUT2D eigenvalue weighted by Gasteiger charge is 2.00. The second kappa shape index (κ2) is 4.49. The van der Waals surface area contributed by atoms with Crippen LogP contribution in [0.25, 0.3) is 0 Å². The van der Waals surface area contributed by atoms with Gasteiger partial charge in [0, 0.05) is 33.0 Å². The molecule has 0 spiro atoms. The maximum absolute atomic E-state index is 11.1. The lowest BCUT2D eigenvalue weighted by atomic mass is 10.6. The number of carbonyl (C=O) groups excluding carboxylic acids is 1. The van der Waals surface area contributed by atoms with Crippen LogP contribution in [0.4, 0.5) is 4.79 Å². The number of nitrogens with one attached hydrogen (secondary N) is 1. The Hall–Kier alpha value is -1.52. The third-order valence-electron chi connectivity index (χ3n) is 1.58. The Morgan fingerprint density at radius 1 is 1.62 bits per heavy atom. The molecule has 0 aliphatic heterocycles. The molecule has 0 saturated carbocycles. The number of amides is 2. The minimum atomic E-state index is -0.0767. The molecule has 0 radical (unpaired) electrons. The van der Waals surface area contributed by atoms with E-state index in [2.05, 4.69) is 10.4 Å². The van der Waals surface area contributed by atoms with E-state index >= 15 is 0 Å². The number of rotatable bonds is 3. The summed E-state index contributed by atoms with van der Waals surface area (Å²) in [7, 11) is 3.42. The summed E-state index contributed by atoms with van der Waals surface area (Å²) in [6.07, 6.45) is 3.58. The maximum atomic E-state index is 11.1. The molecule has 2 amide bonds. The largest absolute Gasteiger partial charge is 0.336 e. The number of urea groups is 1. The van der Waals surface area contributed by atoms with Gasteiger partial charge in [-0.25, -0.2) is 4.79 Å². The Bertz CT molecular complexity index is 255. The van der Waals surface area contributed by atoms with Crippen LogP contribution in [0.2, 0.25) is 0 Å². The Labute approximate surface area is 77.3 Å². The summed E-state index contributed by atoms with van der Waals surface area (Å²) in [5.74, 6) is 0. The van der Waals surface area contributed by atoms with Crippen molar-refractivity contribution in [3.05, 3.63) is 18.5 Å². The summed E-state index contributed by atoms with van der Waals surface area (Å²) in [5, 5.41) is 6.76. The van der Waals surface area contributed by atoms with Crippen molar-refractivity contribution >= 4 is 6.03 Å². The number of carbonyl (C=O) groups is 1. The summed E-state index contributed by atoms with van der Waals surface area (Å²) >= 11 is 0. The number of hydrogen-bond acceptors (Lipinski definition) is 2. The Morgan fingerprint density at radius 3 is 2.92 bits per heavy atom. The van der Waals surface area contributed by atoms with Crippen LogP contribution in [0.15, 0.2) is 18.5 Å². The van der Waals surface area contributed by atoms with Gasteiger partial charge >= 0.3 is 6.03 Å². The average molecular weight is 182 g/mol. The van der Waals surface area contributed by atoms with Gasteiger partial charge in [-0.3, -0.25) is 4.68 Å². The van der Waals surface area contributed by atoms with Crippen LogP contribution >= 0.6 is 0 Å². The summed E-state index contributed by atoms with van der Waals surface area (Å²) in [6, 6.07) is 1.78. The van der Waals surface area contributed by atoms with Crippen LogP contribution in [0.3, 0.4) is 0 Å². The van der Waals surface area contributed by atoms with Crippen LogP contribution < -0.4 is 5.32 Å². The van der Waals surface area contributed by atoms with Crippen molar-refractivity contribution in [1.82, 2.24) is 20.0 Å². The SMILES string of the molecule is CN(C)C(=O)NCCn1cccn1. The second-order valence-corrected chi connectivity index (χ2v) is 2.90. The molecule has 0 saturated heterocycles. The first kappa shape index (κ1) is 9.57. The predicted molar refractivity (Wildman–Crippen MR) is 49.3 cm³/mol. The highest BCUT2D eigenvalue weighted by atomic mass is 16.2. The van der Waals surface area contributed by atoms with Crippen molar-refractivity contribution in [1.29, 1.82) is 0 Å². The third-order valence-corrected chi connectivity index (χ3v) is 1.58. The first-order chi connectivity index (χ1) is 6.20. The topological polar surface area (TPSA) is 50.2 Å². The summed E-state index contributed by atoms with van der Waals surface area (Å²) in [5.41, 5.74) is 0. The fourth-order valence-corrected chi connectivity index (χ4v) is 0.868. The predicted octanol–water partition coefficient (Wildman–Crippen LogP) is 0.154. The number of nitrogens with zero attached hydrogens (tertiary/aromatic N) is 3. The van der Waals surface area contributed by atoms with Crippen LogP contribution in [0.1, 0.15) is 0 Å². The molecule has 5 nitrogen and oxygen atoms in total. The number of aromatic nitrogens is 2. The van der Waals surface area contributed by atoms with Gasteiger partial charge in [-0.05, 0) is 6.07 Å². The van der Waals surface area contributed by atoms with Crippen LogP contribution in [-0.4, -0.2) is 41.4 Å². The fourth-order valence-electron chi connectivity index (χ4n) is 0.868. The van der Waals surface area contributed by atoms with Gasteiger partial charge in [-0.2, -0.15) is 5.10 Å². The second-order valence-electron chi connectivity index (χ2n) is 2.90. The fraction of sp³-hybridized carbons (Fsp3) is 0.500. The van der Waals surface area contributed by atoms with Crippen molar-refractivity contribution in [3.8, 4) is 0 Å². The van der Waals surface area contributed by atoms with Gasteiger partial charge in [-0.1, -0.05) is 0 Å². The zero-order valence-corrected chi connectivity index (χ0v) is 7.90. The lowest BCUT2D eigenvalue weighted by molar-refractivity contribution is 0.217. The molecular formula is C8H14N4O. The lowest BCUT2D eigenvalue weighted by Crippen LogP contribution is -2.36. The zero-order valence-electron chi connectivity index (χ0n) is 7.90. The molecule has 1 heterocycles. The van der Waals surface area contributed by atoms with E-state index in [-0.39, 0.29) is 6.03 Å². The van der Waals surface area contributed by atoms with E-state index in [1.165, 1.54) is 4.90 Å². The standard InChI is InChI=1S/C8H14N4O/c1-11(2)8(13)9-5-7-12-6-3-4-10-12/h3-4,6H,5,7H2,1-2H3,(H,9,13). The summed E-state index contributed by atoms with van der Waals surface area (Å²) in [6.45, 7) is 1.30. The van der Waals surface area contributed by atoms with E-state index in [1.54, 1.807) is 25.0 Å². The zero-order chi connectivity index (χ0) is 9.68. The molecular weight excluding hydrogens is 168 g/mol. The van der Waals surface area contributed by atoms with E-state index in [4.69, 9.17) is 0 Å². The first-order valence-corrected chi connectivity index (χ1v) is 4.13. The molecule has 0 aliphatic rings. The van der Waals surface area contributed by atoms with Crippen molar-refractivity contribution in [3.63, 3.8) is 0 Å². The van der Waals surface area contributed by atoms with Gasteiger partial charge < -0.3 is 10.2 Å². The van der Waals surface area contributed by atoms with Crippen LogP contribution in [-0.2, 0) is 6.54 Å². The van der Waals surface area contributed by atoms with Gasteiger partial charge in [0.2, 0.25) is 0 Å². The molecule has 1 N–H and O–H groups in total. The van der Waals surface area contributed by atoms with Gasteiger partial charge in [-0.15, -0.1) is 0 Å². The van der Waals surface area contributed by atoms with Gasteiger partial charge in [0.05, 0.1) is 6.54 Å². The molecule has 0 atom stereocenters. The van der Waals surface area contributed by atoms with Crippen molar-refractivity contribution < 1.29 is 4.79 Å². The molecule has 0 aromatic carbocycles. The average Bonchev–Trinajstić information content (AvgIpc) is 2.56. The van der Waals surface area contributed by atoms with Crippen LogP contribution in [0.5, 0.6) is 0 Å².